The summed E-state index contributed by atoms with van der Waals surface area (Å²) in [6.07, 6.45) is 1.45. The molecule has 2 atom stereocenters. The SMILES string of the molecule is CC1(C)OCC(CNS(C)(=O)=O)O1.COC(=O)c1cc(Cl)nc(Cl)n1.COC(=O)c1cc(N(CC2COC(C)(C)O2)S(C)(=O)=O)nc(Cl)n1. The minimum Gasteiger partial charge on any atom is -0.464 e. The predicted octanol–water partition coefficient (Wildman–Crippen LogP) is 2.09. The third kappa shape index (κ3) is 15.1. The highest BCUT2D eigenvalue weighted by atomic mass is 35.5. The number of aromatic nitrogens is 4. The first kappa shape index (κ1) is 42.6. The van der Waals surface area contributed by atoms with E-state index in [1.54, 1.807) is 27.7 Å². The van der Waals surface area contributed by atoms with Crippen LogP contribution in [-0.2, 0) is 48.5 Å². The molecule has 2 unspecified atom stereocenters. The minimum atomic E-state index is -3.71. The van der Waals surface area contributed by atoms with Gasteiger partial charge in [-0.25, -0.2) is 46.1 Å². The van der Waals surface area contributed by atoms with E-state index in [1.165, 1.54) is 26.4 Å². The van der Waals surface area contributed by atoms with Crippen LogP contribution in [0.3, 0.4) is 0 Å². The van der Waals surface area contributed by atoms with Crippen LogP contribution in [0.15, 0.2) is 12.1 Å². The quantitative estimate of drug-likeness (QED) is 0.218. The third-order valence-electron chi connectivity index (χ3n) is 5.88. The Kier molecular flexibility index (Phi) is 15.3. The summed E-state index contributed by atoms with van der Waals surface area (Å²) < 4.78 is 79.8. The minimum absolute atomic E-state index is 0.0440. The largest absolute Gasteiger partial charge is 0.464 e. The van der Waals surface area contributed by atoms with Gasteiger partial charge in [-0.15, -0.1) is 0 Å². The number of carbonyl (C=O) groups excluding carboxylic acids is 2. The number of rotatable bonds is 9. The van der Waals surface area contributed by atoms with E-state index >= 15 is 0 Å². The summed E-state index contributed by atoms with van der Waals surface area (Å²) in [6, 6.07) is 2.47. The topological polar surface area (TPSA) is 225 Å². The Labute approximate surface area is 299 Å². The van der Waals surface area contributed by atoms with E-state index in [1.807, 2.05) is 0 Å². The highest BCUT2D eigenvalue weighted by Crippen LogP contribution is 2.26. The molecule has 0 saturated carbocycles. The van der Waals surface area contributed by atoms with Gasteiger partial charge < -0.3 is 28.4 Å². The summed E-state index contributed by atoms with van der Waals surface area (Å²) in [6.45, 7) is 7.93. The lowest BCUT2D eigenvalue weighted by atomic mass is 10.3. The van der Waals surface area contributed by atoms with Crippen LogP contribution >= 0.6 is 34.8 Å². The lowest BCUT2D eigenvalue weighted by Crippen LogP contribution is -2.39. The molecule has 2 aliphatic rings. The highest BCUT2D eigenvalue weighted by molar-refractivity contribution is 7.92. The fraction of sp³-hybridized carbons (Fsp3) is 0.615. The Morgan fingerprint density at radius 2 is 1.31 bits per heavy atom. The summed E-state index contributed by atoms with van der Waals surface area (Å²) in [4.78, 5) is 37.3. The fourth-order valence-corrected chi connectivity index (χ4v) is 5.83. The lowest BCUT2D eigenvalue weighted by molar-refractivity contribution is -0.137. The van der Waals surface area contributed by atoms with Gasteiger partial charge in [0, 0.05) is 18.7 Å². The normalized spacial score (nSPS) is 19.5. The van der Waals surface area contributed by atoms with Crippen LogP contribution < -0.4 is 9.03 Å². The maximum Gasteiger partial charge on any atom is 0.356 e. The molecule has 0 spiro atoms. The molecule has 2 aliphatic heterocycles. The van der Waals surface area contributed by atoms with Crippen LogP contribution in [-0.4, -0.2) is 126 Å². The van der Waals surface area contributed by atoms with Gasteiger partial charge in [-0.1, -0.05) is 11.6 Å². The molecule has 0 aromatic carbocycles. The van der Waals surface area contributed by atoms with E-state index in [4.69, 9.17) is 53.8 Å². The van der Waals surface area contributed by atoms with Gasteiger partial charge in [0.25, 0.3) is 0 Å². The number of anilines is 1. The molecular weight excluding hydrogens is 759 g/mol. The van der Waals surface area contributed by atoms with E-state index < -0.39 is 49.7 Å². The van der Waals surface area contributed by atoms with E-state index in [2.05, 4.69) is 34.1 Å². The highest BCUT2D eigenvalue weighted by Gasteiger charge is 2.36. The molecule has 1 N–H and O–H groups in total. The lowest BCUT2D eigenvalue weighted by Gasteiger charge is -2.25. The molecule has 2 aromatic heterocycles. The first-order chi connectivity index (χ1) is 22.4. The molecule has 0 radical (unpaired) electrons. The van der Waals surface area contributed by atoms with Crippen LogP contribution in [0.2, 0.25) is 15.7 Å². The zero-order chi connectivity index (χ0) is 37.4. The van der Waals surface area contributed by atoms with Gasteiger partial charge in [0.05, 0.1) is 52.6 Å². The molecule has 4 heterocycles. The maximum atomic E-state index is 12.2. The van der Waals surface area contributed by atoms with Crippen LogP contribution in [0.1, 0.15) is 48.7 Å². The number of esters is 2. The first-order valence-corrected chi connectivity index (χ1v) is 18.8. The number of ether oxygens (including phenoxy) is 6. The summed E-state index contributed by atoms with van der Waals surface area (Å²) in [5, 5.41) is -0.247. The molecule has 0 amide bonds. The number of hydrogen-bond acceptors (Lipinski definition) is 16. The van der Waals surface area contributed by atoms with Crippen LogP contribution in [0.25, 0.3) is 0 Å². The molecule has 0 aliphatic carbocycles. The third-order valence-corrected chi connectivity index (χ3v) is 8.23. The van der Waals surface area contributed by atoms with Gasteiger partial charge in [0.2, 0.25) is 30.6 Å². The van der Waals surface area contributed by atoms with Crippen molar-refractivity contribution in [2.24, 2.45) is 0 Å². The van der Waals surface area contributed by atoms with Crippen molar-refractivity contribution in [1.82, 2.24) is 24.7 Å². The number of hydrogen-bond donors (Lipinski definition) is 1. The molecular formula is C26H37Cl3N6O12S2. The van der Waals surface area contributed by atoms with E-state index in [-0.39, 0.29) is 58.7 Å². The maximum absolute atomic E-state index is 12.2. The van der Waals surface area contributed by atoms with Crippen molar-refractivity contribution in [3.8, 4) is 0 Å². The fourth-order valence-electron chi connectivity index (χ4n) is 3.89. The number of carbonyl (C=O) groups is 2. The molecule has 2 saturated heterocycles. The van der Waals surface area contributed by atoms with E-state index in [0.29, 0.717) is 6.61 Å². The van der Waals surface area contributed by atoms with Crippen molar-refractivity contribution in [2.45, 2.75) is 51.5 Å². The molecule has 2 fully saturated rings. The van der Waals surface area contributed by atoms with Crippen LogP contribution in [0.5, 0.6) is 0 Å². The molecule has 18 nitrogen and oxygen atoms in total. The van der Waals surface area contributed by atoms with Crippen LogP contribution in [0.4, 0.5) is 5.82 Å². The smallest absolute Gasteiger partial charge is 0.356 e. The van der Waals surface area contributed by atoms with E-state index in [0.717, 1.165) is 16.8 Å². The van der Waals surface area contributed by atoms with E-state index in [9.17, 15) is 26.4 Å². The Morgan fingerprint density at radius 1 is 0.837 bits per heavy atom. The van der Waals surface area contributed by atoms with Crippen molar-refractivity contribution in [3.05, 3.63) is 39.2 Å². The van der Waals surface area contributed by atoms with Gasteiger partial charge in [-0.3, -0.25) is 4.31 Å². The molecule has 23 heteroatoms. The first-order valence-electron chi connectivity index (χ1n) is 13.9. The second-order valence-electron chi connectivity index (χ2n) is 11.0. The monoisotopic (exact) mass is 794 g/mol. The molecule has 2 aromatic rings. The zero-order valence-electron chi connectivity index (χ0n) is 27.7. The van der Waals surface area contributed by atoms with Crippen molar-refractivity contribution in [3.63, 3.8) is 0 Å². The van der Waals surface area contributed by atoms with Crippen molar-refractivity contribution < 1.29 is 54.8 Å². The number of nitrogens with one attached hydrogen (secondary N) is 1. The molecule has 0 bridgehead atoms. The van der Waals surface area contributed by atoms with Crippen molar-refractivity contribution in [2.75, 3.05) is 57.3 Å². The summed E-state index contributed by atoms with van der Waals surface area (Å²) in [5.41, 5.74) is -0.104. The zero-order valence-corrected chi connectivity index (χ0v) is 31.6. The summed E-state index contributed by atoms with van der Waals surface area (Å²) in [5.74, 6) is -2.79. The second kappa shape index (κ2) is 17.6. The van der Waals surface area contributed by atoms with Gasteiger partial charge in [0.1, 0.15) is 17.1 Å². The predicted molar refractivity (Wildman–Crippen MR) is 177 cm³/mol. The number of nitrogens with zero attached hydrogens (tertiary/aromatic N) is 5. The van der Waals surface area contributed by atoms with Gasteiger partial charge in [-0.2, -0.15) is 4.98 Å². The summed E-state index contributed by atoms with van der Waals surface area (Å²) >= 11 is 16.7. The Hall–Kier alpha value is -2.53. The average molecular weight is 796 g/mol. The number of halogens is 3. The molecule has 276 valence electrons. The Bertz CT molecular complexity index is 1680. The Morgan fingerprint density at radius 3 is 1.71 bits per heavy atom. The van der Waals surface area contributed by atoms with Gasteiger partial charge in [-0.05, 0) is 50.9 Å². The molecule has 4 rings (SSSR count). The Balaban J connectivity index is 0.000000281. The number of sulfonamides is 2. The van der Waals surface area contributed by atoms with Crippen LogP contribution in [0, 0.1) is 0 Å². The van der Waals surface area contributed by atoms with Gasteiger partial charge in [0.15, 0.2) is 23.0 Å². The average Bonchev–Trinajstić information content (AvgIpc) is 3.51. The van der Waals surface area contributed by atoms with Crippen molar-refractivity contribution >= 4 is 72.6 Å². The van der Waals surface area contributed by atoms with Gasteiger partial charge >= 0.3 is 11.9 Å². The standard InChI is InChI=1S/C13H18ClN3O6S.C7H15NO4S.C6H4Cl2N2O2/c1-13(2)22-7-8(23-13)6-17(24(4,19)20)10-5-9(11(18)21-3)15-12(14)16-10;1-7(2)11-5-6(12-7)4-8-13(3,9)10;1-12-5(11)3-2-4(7)10-6(8)9-3/h5,8H,6-7H2,1-4H3;6,8H,4-5H2,1-3H3;2H,1H3. The van der Waals surface area contributed by atoms with Crippen molar-refractivity contribution in [1.29, 1.82) is 0 Å². The number of methoxy groups -OCH3 is 2. The summed E-state index contributed by atoms with van der Waals surface area (Å²) in [7, 11) is -4.43. The second-order valence-corrected chi connectivity index (χ2v) is 15.8. The molecule has 49 heavy (non-hydrogen) atoms.